The van der Waals surface area contributed by atoms with E-state index in [0.717, 1.165) is 5.56 Å². The first-order valence-electron chi connectivity index (χ1n) is 5.61. The van der Waals surface area contributed by atoms with Crippen LogP contribution in [0.15, 0.2) is 30.3 Å². The van der Waals surface area contributed by atoms with E-state index in [1.165, 1.54) is 6.08 Å². The topological polar surface area (TPSA) is 72.2 Å². The molecule has 2 unspecified atom stereocenters. The van der Waals surface area contributed by atoms with E-state index in [9.17, 15) is 9.00 Å². The Morgan fingerprint density at radius 1 is 1.44 bits per heavy atom. The van der Waals surface area contributed by atoms with Crippen LogP contribution in [0, 0.1) is 0 Å². The summed E-state index contributed by atoms with van der Waals surface area (Å²) >= 11 is 0. The number of carbonyl (C=O) groups excluding carboxylic acids is 1. The number of hydrogen-bond acceptors (Lipinski definition) is 3. The molecule has 3 N–H and O–H groups in total. The molecule has 0 radical (unpaired) electrons. The summed E-state index contributed by atoms with van der Waals surface area (Å²) < 4.78 is 11.0. The van der Waals surface area contributed by atoms with Crippen molar-refractivity contribution in [2.75, 3.05) is 17.7 Å². The molecule has 2 atom stereocenters. The zero-order chi connectivity index (χ0) is 13.5. The zero-order valence-corrected chi connectivity index (χ0v) is 11.4. The Bertz CT molecular complexity index is 455. The fourth-order valence-corrected chi connectivity index (χ4v) is 2.25. The average molecular weight is 266 g/mol. The van der Waals surface area contributed by atoms with Gasteiger partial charge < -0.3 is 11.1 Å². The van der Waals surface area contributed by atoms with E-state index in [2.05, 4.69) is 5.32 Å². The Balaban J connectivity index is 2.49. The van der Waals surface area contributed by atoms with Crippen LogP contribution in [0.25, 0.3) is 6.08 Å². The van der Waals surface area contributed by atoms with E-state index in [-0.39, 0.29) is 11.9 Å². The number of hydrogen-bond donors (Lipinski definition) is 2. The molecule has 0 bridgehead atoms. The normalized spacial score (nSPS) is 14.3. The van der Waals surface area contributed by atoms with Crippen LogP contribution in [0.2, 0.25) is 0 Å². The first-order chi connectivity index (χ1) is 8.47. The molecule has 0 saturated heterocycles. The third-order valence-electron chi connectivity index (χ3n) is 2.24. The molecule has 4 nitrogen and oxygen atoms in total. The molecule has 0 aliphatic rings. The number of benzene rings is 1. The smallest absolute Gasteiger partial charge is 0.244 e. The van der Waals surface area contributed by atoms with Crippen LogP contribution >= 0.6 is 0 Å². The number of anilines is 1. The van der Waals surface area contributed by atoms with Gasteiger partial charge in [0.1, 0.15) is 0 Å². The second kappa shape index (κ2) is 6.96. The Labute approximate surface area is 110 Å². The van der Waals surface area contributed by atoms with Gasteiger partial charge in [-0.15, -0.1) is 0 Å². The van der Waals surface area contributed by atoms with Gasteiger partial charge in [0.25, 0.3) is 0 Å². The SMILES string of the molecule is CC(CS(C)=O)NC(=O)/C=C/c1ccc(N)cc1. The van der Waals surface area contributed by atoms with Crippen LogP contribution in [-0.4, -0.2) is 28.2 Å². The third-order valence-corrected chi connectivity index (χ3v) is 3.21. The second-order valence-corrected chi connectivity index (χ2v) is 5.63. The summed E-state index contributed by atoms with van der Waals surface area (Å²) in [6.45, 7) is 1.83. The fraction of sp³-hybridized carbons (Fsp3) is 0.308. The lowest BCUT2D eigenvalue weighted by atomic mass is 10.2. The molecule has 0 heterocycles. The quantitative estimate of drug-likeness (QED) is 0.620. The van der Waals surface area contributed by atoms with E-state index < -0.39 is 10.8 Å². The van der Waals surface area contributed by atoms with Crippen LogP contribution in [0.5, 0.6) is 0 Å². The van der Waals surface area contributed by atoms with E-state index in [0.29, 0.717) is 11.4 Å². The van der Waals surface area contributed by atoms with Gasteiger partial charge in [-0.3, -0.25) is 9.00 Å². The summed E-state index contributed by atoms with van der Waals surface area (Å²) in [6, 6.07) is 7.13. The van der Waals surface area contributed by atoms with Crippen LogP contribution in [0.1, 0.15) is 12.5 Å². The van der Waals surface area contributed by atoms with Gasteiger partial charge in [0.15, 0.2) is 0 Å². The van der Waals surface area contributed by atoms with Crippen molar-refractivity contribution in [2.45, 2.75) is 13.0 Å². The van der Waals surface area contributed by atoms with Crippen LogP contribution in [0.3, 0.4) is 0 Å². The van der Waals surface area contributed by atoms with Crippen molar-refractivity contribution >= 4 is 28.5 Å². The summed E-state index contributed by atoms with van der Waals surface area (Å²) in [5.74, 6) is 0.270. The number of nitrogens with one attached hydrogen (secondary N) is 1. The minimum absolute atomic E-state index is 0.0978. The molecule has 1 rings (SSSR count). The van der Waals surface area contributed by atoms with Gasteiger partial charge in [-0.25, -0.2) is 0 Å². The molecule has 1 amide bonds. The number of nitrogen functional groups attached to an aromatic ring is 1. The Kier molecular flexibility index (Phi) is 5.58. The number of rotatable bonds is 5. The first kappa shape index (κ1) is 14.4. The van der Waals surface area contributed by atoms with Crippen molar-refractivity contribution in [3.8, 4) is 0 Å². The molecule has 0 spiro atoms. The predicted octanol–water partition coefficient (Wildman–Crippen LogP) is 1.17. The van der Waals surface area contributed by atoms with Crippen LogP contribution < -0.4 is 11.1 Å². The molecular weight excluding hydrogens is 248 g/mol. The van der Waals surface area contributed by atoms with Crippen molar-refractivity contribution in [2.24, 2.45) is 0 Å². The van der Waals surface area contributed by atoms with Gasteiger partial charge in [0.05, 0.1) is 0 Å². The second-order valence-electron chi connectivity index (χ2n) is 4.15. The molecule has 18 heavy (non-hydrogen) atoms. The molecule has 1 aromatic carbocycles. The van der Waals surface area contributed by atoms with Crippen molar-refractivity contribution in [1.29, 1.82) is 0 Å². The molecule has 0 saturated carbocycles. The number of carbonyl (C=O) groups is 1. The lowest BCUT2D eigenvalue weighted by molar-refractivity contribution is -0.116. The van der Waals surface area contributed by atoms with Crippen molar-refractivity contribution in [3.05, 3.63) is 35.9 Å². The summed E-state index contributed by atoms with van der Waals surface area (Å²) in [4.78, 5) is 11.6. The number of amides is 1. The Morgan fingerprint density at radius 2 is 2.06 bits per heavy atom. The van der Waals surface area contributed by atoms with E-state index >= 15 is 0 Å². The minimum Gasteiger partial charge on any atom is -0.399 e. The van der Waals surface area contributed by atoms with E-state index in [1.54, 1.807) is 24.5 Å². The zero-order valence-electron chi connectivity index (χ0n) is 10.6. The van der Waals surface area contributed by atoms with Gasteiger partial charge >= 0.3 is 0 Å². The predicted molar refractivity (Wildman–Crippen MR) is 76.4 cm³/mol. The van der Waals surface area contributed by atoms with Crippen LogP contribution in [0.4, 0.5) is 5.69 Å². The fourth-order valence-electron chi connectivity index (χ4n) is 1.46. The summed E-state index contributed by atoms with van der Waals surface area (Å²) in [5, 5.41) is 2.75. The summed E-state index contributed by atoms with van der Waals surface area (Å²) in [6.07, 6.45) is 4.79. The van der Waals surface area contributed by atoms with Gasteiger partial charge in [0, 0.05) is 40.6 Å². The third kappa shape index (κ3) is 5.63. The minimum atomic E-state index is -0.907. The summed E-state index contributed by atoms with van der Waals surface area (Å²) in [7, 11) is -0.907. The lowest BCUT2D eigenvalue weighted by Crippen LogP contribution is -2.35. The lowest BCUT2D eigenvalue weighted by Gasteiger charge is -2.09. The van der Waals surface area contributed by atoms with E-state index in [4.69, 9.17) is 5.73 Å². The average Bonchev–Trinajstić information content (AvgIpc) is 2.27. The van der Waals surface area contributed by atoms with Gasteiger partial charge in [-0.2, -0.15) is 0 Å². The Hall–Kier alpha value is -1.62. The van der Waals surface area contributed by atoms with E-state index in [1.807, 2.05) is 19.1 Å². The molecular formula is C13H18N2O2S. The maximum Gasteiger partial charge on any atom is 0.244 e. The van der Waals surface area contributed by atoms with Crippen LogP contribution in [-0.2, 0) is 15.6 Å². The highest BCUT2D eigenvalue weighted by atomic mass is 32.2. The highest BCUT2D eigenvalue weighted by molar-refractivity contribution is 7.84. The molecule has 1 aromatic rings. The monoisotopic (exact) mass is 266 g/mol. The molecule has 98 valence electrons. The highest BCUT2D eigenvalue weighted by Crippen LogP contribution is 2.06. The molecule has 5 heteroatoms. The van der Waals surface area contributed by atoms with Crippen molar-refractivity contribution in [1.82, 2.24) is 5.32 Å². The first-order valence-corrected chi connectivity index (χ1v) is 7.34. The maximum absolute atomic E-state index is 11.6. The molecule has 0 aliphatic carbocycles. The Morgan fingerprint density at radius 3 is 2.61 bits per heavy atom. The van der Waals surface area contributed by atoms with Gasteiger partial charge in [0.2, 0.25) is 5.91 Å². The van der Waals surface area contributed by atoms with Crippen molar-refractivity contribution < 1.29 is 9.00 Å². The standard InChI is InChI=1S/C13H18N2O2S/c1-10(9-18(2)17)15-13(16)8-5-11-3-6-12(14)7-4-11/h3-8,10H,9,14H2,1-2H3,(H,15,16)/b8-5+. The molecule has 0 aliphatic heterocycles. The molecule has 0 fully saturated rings. The van der Waals surface area contributed by atoms with Gasteiger partial charge in [-0.1, -0.05) is 12.1 Å². The maximum atomic E-state index is 11.6. The highest BCUT2D eigenvalue weighted by Gasteiger charge is 2.05. The molecule has 0 aromatic heterocycles. The van der Waals surface area contributed by atoms with Crippen molar-refractivity contribution in [3.63, 3.8) is 0 Å². The summed E-state index contributed by atoms with van der Waals surface area (Å²) in [5.41, 5.74) is 7.16. The van der Waals surface area contributed by atoms with Gasteiger partial charge in [-0.05, 0) is 30.7 Å². The number of nitrogens with two attached hydrogens (primary N) is 1. The largest absolute Gasteiger partial charge is 0.399 e.